The van der Waals surface area contributed by atoms with Gasteiger partial charge >= 0.3 is 0 Å². The third kappa shape index (κ3) is 2.67. The third-order valence-electron chi connectivity index (χ3n) is 1.56. The van der Waals surface area contributed by atoms with E-state index >= 15 is 0 Å². The van der Waals surface area contributed by atoms with Crippen molar-refractivity contribution < 1.29 is 4.74 Å². The number of aromatic nitrogens is 2. The summed E-state index contributed by atoms with van der Waals surface area (Å²) in [5, 5.41) is 0.224. The summed E-state index contributed by atoms with van der Waals surface area (Å²) in [4.78, 5) is 7.95. The summed E-state index contributed by atoms with van der Waals surface area (Å²) in [6.07, 6.45) is 1.51. The van der Waals surface area contributed by atoms with E-state index in [0.29, 0.717) is 10.4 Å². The van der Waals surface area contributed by atoms with E-state index < -0.39 is 0 Å². The fourth-order valence-corrected chi connectivity index (χ4v) is 1.35. The molecule has 0 saturated carbocycles. The highest BCUT2D eigenvalue weighted by atomic mass is 79.9. The summed E-state index contributed by atoms with van der Waals surface area (Å²) in [5.41, 5.74) is 0. The van der Waals surface area contributed by atoms with E-state index in [4.69, 9.17) is 16.3 Å². The Morgan fingerprint density at radius 3 is 3.07 bits per heavy atom. The number of halogens is 2. The molecule has 3 nitrogen and oxygen atoms in total. The van der Waals surface area contributed by atoms with Crippen molar-refractivity contribution in [3.8, 4) is 11.6 Å². The number of nitrogens with zero attached hydrogens (tertiary/aromatic N) is 2. The Morgan fingerprint density at radius 1 is 1.47 bits per heavy atom. The molecule has 15 heavy (non-hydrogen) atoms. The van der Waals surface area contributed by atoms with Gasteiger partial charge in [-0.15, -0.1) is 0 Å². The third-order valence-corrected chi connectivity index (χ3v) is 2.20. The van der Waals surface area contributed by atoms with Crippen LogP contribution in [0.25, 0.3) is 0 Å². The predicted molar refractivity (Wildman–Crippen MR) is 60.1 cm³/mol. The molecule has 5 heteroatoms. The number of rotatable bonds is 2. The molecule has 0 unspecified atom stereocenters. The van der Waals surface area contributed by atoms with Gasteiger partial charge in [-0.2, -0.15) is 0 Å². The van der Waals surface area contributed by atoms with Gasteiger partial charge in [0.15, 0.2) is 5.15 Å². The molecular weight excluding hydrogens is 279 g/mol. The summed E-state index contributed by atoms with van der Waals surface area (Å²) in [5.74, 6) is 0.887. The predicted octanol–water partition coefficient (Wildman–Crippen LogP) is 3.48. The number of ether oxygens (including phenoxy) is 1. The van der Waals surface area contributed by atoms with E-state index in [1.165, 1.54) is 6.20 Å². The van der Waals surface area contributed by atoms with E-state index in [-0.39, 0.29) is 11.0 Å². The topological polar surface area (TPSA) is 35.0 Å². The summed E-state index contributed by atoms with van der Waals surface area (Å²) >= 11 is 9.01. The normalized spacial score (nSPS) is 10.0. The Hall–Kier alpha value is -1.13. The van der Waals surface area contributed by atoms with E-state index in [2.05, 4.69) is 32.0 Å². The van der Waals surface area contributed by atoms with Crippen LogP contribution < -0.4 is 4.74 Å². The van der Waals surface area contributed by atoms with E-state index in [0.717, 1.165) is 0 Å². The van der Waals surface area contributed by atoms with Crippen molar-refractivity contribution in [3.63, 3.8) is 0 Å². The first kappa shape index (κ1) is 10.4. The van der Waals surface area contributed by atoms with Crippen molar-refractivity contribution in [2.45, 2.75) is 0 Å². The Labute approximate surface area is 100 Å². The lowest BCUT2D eigenvalue weighted by Crippen LogP contribution is -1.91. The minimum Gasteiger partial charge on any atom is -0.436 e. The molecule has 0 atom stereocenters. The minimum atomic E-state index is 0.224. The zero-order valence-corrected chi connectivity index (χ0v) is 9.79. The molecule has 1 heterocycles. The van der Waals surface area contributed by atoms with Crippen molar-refractivity contribution in [3.05, 3.63) is 46.3 Å². The van der Waals surface area contributed by atoms with Gasteiger partial charge in [-0.05, 0) is 34.1 Å². The number of hydrogen-bond donors (Lipinski definition) is 0. The lowest BCUT2D eigenvalue weighted by Gasteiger charge is -2.05. The van der Waals surface area contributed by atoms with Gasteiger partial charge in [-0.25, -0.2) is 9.97 Å². The SMILES string of the molecule is Clc1ncc(Br)nc1Oc1c[c]ccc1. The maximum Gasteiger partial charge on any atom is 0.258 e. The molecule has 0 fully saturated rings. The van der Waals surface area contributed by atoms with Crippen LogP contribution >= 0.6 is 27.5 Å². The number of hydrogen-bond acceptors (Lipinski definition) is 3. The maximum absolute atomic E-state index is 5.82. The van der Waals surface area contributed by atoms with Gasteiger partial charge in [0.2, 0.25) is 0 Å². The van der Waals surface area contributed by atoms with Gasteiger partial charge in [0.05, 0.1) is 6.20 Å². The largest absolute Gasteiger partial charge is 0.436 e. The highest BCUT2D eigenvalue weighted by molar-refractivity contribution is 9.10. The number of benzene rings is 1. The molecular formula is C10H5BrClN2O. The van der Waals surface area contributed by atoms with Crippen LogP contribution in [0.15, 0.2) is 35.1 Å². The fourth-order valence-electron chi connectivity index (χ4n) is 0.954. The molecule has 2 rings (SSSR count). The molecule has 1 aromatic carbocycles. The lowest BCUT2D eigenvalue weighted by molar-refractivity contribution is 0.459. The highest BCUT2D eigenvalue weighted by Crippen LogP contribution is 2.26. The zero-order chi connectivity index (χ0) is 10.7. The van der Waals surface area contributed by atoms with Crippen LogP contribution in [0.1, 0.15) is 0 Å². The fraction of sp³-hybridized carbons (Fsp3) is 0. The van der Waals surface area contributed by atoms with Crippen molar-refractivity contribution in [2.24, 2.45) is 0 Å². The van der Waals surface area contributed by atoms with E-state index in [1.54, 1.807) is 18.2 Å². The molecule has 0 N–H and O–H groups in total. The monoisotopic (exact) mass is 283 g/mol. The molecule has 0 aliphatic carbocycles. The first-order valence-corrected chi connectivity index (χ1v) is 5.25. The van der Waals surface area contributed by atoms with E-state index in [1.807, 2.05) is 6.07 Å². The Balaban J connectivity index is 2.28. The molecule has 1 radical (unpaired) electrons. The first-order chi connectivity index (χ1) is 7.25. The molecule has 0 aliphatic rings. The average Bonchev–Trinajstić information content (AvgIpc) is 2.25. The quantitative estimate of drug-likeness (QED) is 0.847. The van der Waals surface area contributed by atoms with Crippen LogP contribution in [-0.4, -0.2) is 9.97 Å². The van der Waals surface area contributed by atoms with Crippen LogP contribution in [0.5, 0.6) is 11.6 Å². The van der Waals surface area contributed by atoms with Gasteiger partial charge in [-0.1, -0.05) is 23.7 Å². The molecule has 75 valence electrons. The molecule has 0 amide bonds. The molecule has 0 spiro atoms. The summed E-state index contributed by atoms with van der Waals surface area (Å²) in [6, 6.07) is 9.96. The Morgan fingerprint density at radius 2 is 2.33 bits per heavy atom. The summed E-state index contributed by atoms with van der Waals surface area (Å²) in [7, 11) is 0. The summed E-state index contributed by atoms with van der Waals surface area (Å²) < 4.78 is 5.99. The molecule has 0 bridgehead atoms. The minimum absolute atomic E-state index is 0.224. The van der Waals surface area contributed by atoms with Crippen LogP contribution in [0.4, 0.5) is 0 Å². The molecule has 1 aromatic heterocycles. The maximum atomic E-state index is 5.82. The second kappa shape index (κ2) is 4.59. The van der Waals surface area contributed by atoms with Gasteiger partial charge in [0.25, 0.3) is 5.88 Å². The van der Waals surface area contributed by atoms with Gasteiger partial charge in [-0.3, -0.25) is 0 Å². The van der Waals surface area contributed by atoms with Gasteiger partial charge < -0.3 is 4.74 Å². The van der Waals surface area contributed by atoms with Crippen LogP contribution in [-0.2, 0) is 0 Å². The molecule has 0 aliphatic heterocycles. The highest BCUT2D eigenvalue weighted by Gasteiger charge is 2.06. The average molecular weight is 285 g/mol. The standard InChI is InChI=1S/C10H5BrClN2O/c11-8-6-13-9(12)10(14-8)15-7-4-2-1-3-5-7/h1-2,4-6H. The van der Waals surface area contributed by atoms with Crippen LogP contribution in [0, 0.1) is 6.07 Å². The lowest BCUT2D eigenvalue weighted by atomic mass is 10.3. The smallest absolute Gasteiger partial charge is 0.258 e. The van der Waals surface area contributed by atoms with Crippen LogP contribution in [0.3, 0.4) is 0 Å². The first-order valence-electron chi connectivity index (χ1n) is 4.08. The molecule has 0 saturated heterocycles. The van der Waals surface area contributed by atoms with Crippen molar-refractivity contribution in [1.82, 2.24) is 9.97 Å². The van der Waals surface area contributed by atoms with Crippen molar-refractivity contribution >= 4 is 27.5 Å². The zero-order valence-electron chi connectivity index (χ0n) is 7.45. The summed E-state index contributed by atoms with van der Waals surface area (Å²) in [6.45, 7) is 0. The Bertz CT molecular complexity index is 464. The Kier molecular flexibility index (Phi) is 3.18. The van der Waals surface area contributed by atoms with Gasteiger partial charge in [0.1, 0.15) is 10.4 Å². The van der Waals surface area contributed by atoms with Crippen LogP contribution in [0.2, 0.25) is 5.15 Å². The second-order valence-corrected chi connectivity index (χ2v) is 3.80. The van der Waals surface area contributed by atoms with Crippen molar-refractivity contribution in [1.29, 1.82) is 0 Å². The van der Waals surface area contributed by atoms with Crippen molar-refractivity contribution in [2.75, 3.05) is 0 Å². The van der Waals surface area contributed by atoms with E-state index in [9.17, 15) is 0 Å². The molecule has 2 aromatic rings. The van der Waals surface area contributed by atoms with Gasteiger partial charge in [0, 0.05) is 0 Å². The second-order valence-electron chi connectivity index (χ2n) is 2.63.